The Labute approximate surface area is 109 Å². The van der Waals surface area contributed by atoms with Gasteiger partial charge < -0.3 is 9.84 Å². The number of para-hydroxylation sites is 1. The minimum absolute atomic E-state index is 0.189. The van der Waals surface area contributed by atoms with Crippen molar-refractivity contribution in [3.63, 3.8) is 0 Å². The van der Waals surface area contributed by atoms with Crippen LogP contribution < -0.4 is 0 Å². The number of aliphatic carboxylic acids is 1. The molecule has 0 saturated carbocycles. The maximum absolute atomic E-state index is 11.7. The lowest BCUT2D eigenvalue weighted by molar-refractivity contribution is -0.385. The first-order valence-electron chi connectivity index (χ1n) is 5.51. The van der Waals surface area contributed by atoms with Gasteiger partial charge in [-0.05, 0) is 13.8 Å². The van der Waals surface area contributed by atoms with Gasteiger partial charge in [0.2, 0.25) is 0 Å². The SMILES string of the molecule is CC(C)OC(=O)C(C(=O)O)c1ccccc1[N+](=O)[O-]. The van der Waals surface area contributed by atoms with E-state index < -0.39 is 34.6 Å². The molecular formula is C12H13NO6. The lowest BCUT2D eigenvalue weighted by Crippen LogP contribution is -2.26. The van der Waals surface area contributed by atoms with Crippen LogP contribution in [-0.2, 0) is 14.3 Å². The summed E-state index contributed by atoms with van der Waals surface area (Å²) in [5.41, 5.74) is -0.610. The van der Waals surface area contributed by atoms with E-state index in [1.54, 1.807) is 13.8 Å². The summed E-state index contributed by atoms with van der Waals surface area (Å²) < 4.78 is 4.82. The Hall–Kier alpha value is -2.44. The summed E-state index contributed by atoms with van der Waals surface area (Å²) in [6.45, 7) is 3.13. The number of nitro groups is 1. The van der Waals surface area contributed by atoms with Gasteiger partial charge in [-0.15, -0.1) is 0 Å². The highest BCUT2D eigenvalue weighted by Gasteiger charge is 2.35. The predicted molar refractivity (Wildman–Crippen MR) is 64.7 cm³/mol. The molecule has 1 aromatic carbocycles. The smallest absolute Gasteiger partial charge is 0.325 e. The number of carbonyl (C=O) groups excluding carboxylic acids is 1. The lowest BCUT2D eigenvalue weighted by atomic mass is 9.97. The van der Waals surface area contributed by atoms with E-state index in [9.17, 15) is 19.7 Å². The van der Waals surface area contributed by atoms with Crippen LogP contribution in [0.1, 0.15) is 25.3 Å². The molecule has 0 spiro atoms. The molecule has 1 N–H and O–H groups in total. The number of hydrogen-bond acceptors (Lipinski definition) is 5. The first-order valence-corrected chi connectivity index (χ1v) is 5.51. The van der Waals surface area contributed by atoms with Gasteiger partial charge in [0.25, 0.3) is 5.69 Å². The average molecular weight is 267 g/mol. The van der Waals surface area contributed by atoms with Crippen LogP contribution in [0.5, 0.6) is 0 Å². The van der Waals surface area contributed by atoms with E-state index >= 15 is 0 Å². The molecule has 0 bridgehead atoms. The van der Waals surface area contributed by atoms with Crippen LogP contribution >= 0.6 is 0 Å². The van der Waals surface area contributed by atoms with E-state index in [0.717, 1.165) is 6.07 Å². The number of carboxylic acid groups (broad SMARTS) is 1. The standard InChI is InChI=1S/C12H13NO6/c1-7(2)19-12(16)10(11(14)15)8-5-3-4-6-9(8)13(17)18/h3-7,10H,1-2H3,(H,14,15). The molecule has 7 nitrogen and oxygen atoms in total. The molecule has 19 heavy (non-hydrogen) atoms. The van der Waals surface area contributed by atoms with Crippen LogP contribution in [0.25, 0.3) is 0 Å². The number of benzene rings is 1. The molecule has 0 fully saturated rings. The van der Waals surface area contributed by atoms with E-state index in [1.807, 2.05) is 0 Å². The number of hydrogen-bond donors (Lipinski definition) is 1. The van der Waals surface area contributed by atoms with E-state index in [-0.39, 0.29) is 5.56 Å². The second kappa shape index (κ2) is 5.94. The molecule has 0 aromatic heterocycles. The Balaban J connectivity index is 3.24. The molecule has 1 atom stereocenters. The number of nitrogens with zero attached hydrogens (tertiary/aromatic N) is 1. The van der Waals surface area contributed by atoms with Gasteiger partial charge in [0.1, 0.15) is 0 Å². The molecule has 0 radical (unpaired) electrons. The lowest BCUT2D eigenvalue weighted by Gasteiger charge is -2.14. The fraction of sp³-hybridized carbons (Fsp3) is 0.333. The highest BCUT2D eigenvalue weighted by atomic mass is 16.6. The van der Waals surface area contributed by atoms with Crippen molar-refractivity contribution in [2.75, 3.05) is 0 Å². The topological polar surface area (TPSA) is 107 Å². The van der Waals surface area contributed by atoms with Gasteiger partial charge in [0.15, 0.2) is 5.92 Å². The van der Waals surface area contributed by atoms with Gasteiger partial charge in [0, 0.05) is 6.07 Å². The Morgan fingerprint density at radius 3 is 2.37 bits per heavy atom. The van der Waals surface area contributed by atoms with Crippen molar-refractivity contribution in [3.8, 4) is 0 Å². The second-order valence-electron chi connectivity index (χ2n) is 4.07. The molecule has 0 saturated heterocycles. The molecule has 0 aliphatic carbocycles. The van der Waals surface area contributed by atoms with Crippen molar-refractivity contribution in [3.05, 3.63) is 39.9 Å². The molecular weight excluding hydrogens is 254 g/mol. The fourth-order valence-corrected chi connectivity index (χ4v) is 1.56. The first kappa shape index (κ1) is 14.6. The van der Waals surface area contributed by atoms with Gasteiger partial charge in [-0.2, -0.15) is 0 Å². The zero-order valence-corrected chi connectivity index (χ0v) is 10.4. The van der Waals surface area contributed by atoms with Crippen LogP contribution in [0.4, 0.5) is 5.69 Å². The largest absolute Gasteiger partial charge is 0.480 e. The summed E-state index contributed by atoms with van der Waals surface area (Å²) in [5, 5.41) is 19.9. The minimum atomic E-state index is -1.70. The molecule has 1 aromatic rings. The maximum atomic E-state index is 11.7. The average Bonchev–Trinajstić information content (AvgIpc) is 2.27. The van der Waals surface area contributed by atoms with Gasteiger partial charge in [-0.25, -0.2) is 0 Å². The molecule has 7 heteroatoms. The minimum Gasteiger partial charge on any atom is -0.480 e. The van der Waals surface area contributed by atoms with E-state index in [0.29, 0.717) is 0 Å². The van der Waals surface area contributed by atoms with Gasteiger partial charge >= 0.3 is 11.9 Å². The van der Waals surface area contributed by atoms with Gasteiger partial charge in [-0.3, -0.25) is 19.7 Å². The van der Waals surface area contributed by atoms with Crippen molar-refractivity contribution in [2.24, 2.45) is 0 Å². The summed E-state index contributed by atoms with van der Waals surface area (Å²) in [6, 6.07) is 5.21. The van der Waals surface area contributed by atoms with E-state index in [2.05, 4.69) is 0 Å². The first-order chi connectivity index (χ1) is 8.84. The molecule has 1 rings (SSSR count). The second-order valence-corrected chi connectivity index (χ2v) is 4.07. The van der Waals surface area contributed by atoms with Gasteiger partial charge in [0.05, 0.1) is 16.6 Å². The number of nitro benzene ring substituents is 1. The van der Waals surface area contributed by atoms with Crippen molar-refractivity contribution >= 4 is 17.6 Å². The molecule has 0 heterocycles. The summed E-state index contributed by atoms with van der Waals surface area (Å²) in [4.78, 5) is 33.0. The molecule has 0 amide bonds. The quantitative estimate of drug-likeness (QED) is 0.376. The summed E-state index contributed by atoms with van der Waals surface area (Å²) in [6.07, 6.45) is -0.503. The Morgan fingerprint density at radius 2 is 1.89 bits per heavy atom. The maximum Gasteiger partial charge on any atom is 0.325 e. The third-order valence-electron chi connectivity index (χ3n) is 2.28. The van der Waals surface area contributed by atoms with Gasteiger partial charge in [-0.1, -0.05) is 18.2 Å². The normalized spacial score (nSPS) is 11.9. The van der Waals surface area contributed by atoms with Crippen molar-refractivity contribution < 1.29 is 24.4 Å². The Morgan fingerprint density at radius 1 is 1.32 bits per heavy atom. The molecule has 0 aliphatic rings. The van der Waals surface area contributed by atoms with Crippen LogP contribution in [0.15, 0.2) is 24.3 Å². The Bertz CT molecular complexity index is 511. The van der Waals surface area contributed by atoms with E-state index in [4.69, 9.17) is 9.84 Å². The highest BCUT2D eigenvalue weighted by molar-refractivity contribution is 6.00. The van der Waals surface area contributed by atoms with Crippen molar-refractivity contribution in [1.29, 1.82) is 0 Å². The van der Waals surface area contributed by atoms with Crippen molar-refractivity contribution in [2.45, 2.75) is 25.9 Å². The van der Waals surface area contributed by atoms with Crippen molar-refractivity contribution in [1.82, 2.24) is 0 Å². The fourth-order valence-electron chi connectivity index (χ4n) is 1.56. The molecule has 0 aliphatic heterocycles. The summed E-state index contributed by atoms with van der Waals surface area (Å²) in [7, 11) is 0. The number of rotatable bonds is 5. The zero-order valence-electron chi connectivity index (χ0n) is 10.4. The number of carbonyl (C=O) groups is 2. The summed E-state index contributed by atoms with van der Waals surface area (Å²) in [5.74, 6) is -4.21. The molecule has 102 valence electrons. The summed E-state index contributed by atoms with van der Waals surface area (Å²) >= 11 is 0. The monoisotopic (exact) mass is 267 g/mol. The van der Waals surface area contributed by atoms with Crippen LogP contribution in [-0.4, -0.2) is 28.1 Å². The third kappa shape index (κ3) is 3.51. The predicted octanol–water partition coefficient (Wildman–Crippen LogP) is 1.71. The van der Waals surface area contributed by atoms with Crippen LogP contribution in [0, 0.1) is 10.1 Å². The number of esters is 1. The number of ether oxygens (including phenoxy) is 1. The highest BCUT2D eigenvalue weighted by Crippen LogP contribution is 2.28. The molecule has 1 unspecified atom stereocenters. The van der Waals surface area contributed by atoms with Crippen LogP contribution in [0.2, 0.25) is 0 Å². The van der Waals surface area contributed by atoms with Crippen LogP contribution in [0.3, 0.4) is 0 Å². The Kier molecular flexibility index (Phi) is 4.57. The van der Waals surface area contributed by atoms with E-state index in [1.165, 1.54) is 18.2 Å². The zero-order chi connectivity index (χ0) is 14.6. The number of carboxylic acids is 1. The third-order valence-corrected chi connectivity index (χ3v) is 2.28.